The Labute approximate surface area is 132 Å². The van der Waals surface area contributed by atoms with Crippen molar-refractivity contribution in [2.45, 2.75) is 20.8 Å². The fourth-order valence-corrected chi connectivity index (χ4v) is 3.41. The maximum absolute atomic E-state index is 12.4. The molecule has 0 aromatic heterocycles. The lowest BCUT2D eigenvalue weighted by molar-refractivity contribution is -0.148. The average Bonchev–Trinajstić information content (AvgIpc) is 2.38. The Morgan fingerprint density at radius 1 is 0.955 bits per heavy atom. The van der Waals surface area contributed by atoms with Gasteiger partial charge in [-0.2, -0.15) is 0 Å². The summed E-state index contributed by atoms with van der Waals surface area (Å²) in [5.74, 6) is -0.745. The van der Waals surface area contributed by atoms with Crippen molar-refractivity contribution in [3.05, 3.63) is 0 Å². The van der Waals surface area contributed by atoms with E-state index in [0.717, 1.165) is 0 Å². The Morgan fingerprint density at radius 3 is 1.95 bits per heavy atom. The molecule has 0 aromatic carbocycles. The second kappa shape index (κ2) is 10.7. The van der Waals surface area contributed by atoms with Gasteiger partial charge in [-0.3, -0.25) is 19.1 Å². The van der Waals surface area contributed by atoms with Gasteiger partial charge in [-0.05, 0) is 27.8 Å². The molecule has 0 saturated carbocycles. The summed E-state index contributed by atoms with van der Waals surface area (Å²) in [5.41, 5.74) is 0. The average molecular weight is 338 g/mol. The van der Waals surface area contributed by atoms with Crippen LogP contribution in [0.2, 0.25) is 0 Å². The smallest absolute Gasteiger partial charge is 0.344 e. The summed E-state index contributed by atoms with van der Waals surface area (Å²) in [6.45, 7) is 5.84. The van der Waals surface area contributed by atoms with Gasteiger partial charge in [0.15, 0.2) is 0 Å². The number of hydrogen-bond acceptors (Lipinski definition) is 7. The Kier molecular flexibility index (Phi) is 10.3. The van der Waals surface area contributed by atoms with Crippen molar-refractivity contribution in [1.29, 1.82) is 0 Å². The first-order chi connectivity index (χ1) is 10.3. The molecule has 0 aliphatic carbocycles. The molecule has 0 unspecified atom stereocenters. The minimum atomic E-state index is -3.24. The minimum absolute atomic E-state index is 0.0000432. The third-order valence-electron chi connectivity index (χ3n) is 2.57. The van der Waals surface area contributed by atoms with Crippen molar-refractivity contribution in [3.8, 4) is 0 Å². The molecule has 0 aliphatic heterocycles. The number of carbonyl (C=O) groups excluding carboxylic acids is 2. The van der Waals surface area contributed by atoms with Crippen molar-refractivity contribution in [2.75, 3.05) is 53.3 Å². The summed E-state index contributed by atoms with van der Waals surface area (Å²) < 4.78 is 27.5. The molecular weight excluding hydrogens is 311 g/mol. The topological polar surface area (TPSA) is 85.4 Å². The molecule has 1 amide bonds. The first-order valence-electron chi connectivity index (χ1n) is 7.24. The van der Waals surface area contributed by atoms with Crippen LogP contribution < -0.4 is 0 Å². The Hall–Kier alpha value is -0.950. The number of nitrogens with zero attached hydrogens (tertiary/aromatic N) is 2. The first kappa shape index (κ1) is 21.0. The highest BCUT2D eigenvalue weighted by Crippen LogP contribution is 2.48. The van der Waals surface area contributed by atoms with Gasteiger partial charge in [0.25, 0.3) is 0 Å². The highest BCUT2D eigenvalue weighted by atomic mass is 31.2. The van der Waals surface area contributed by atoms with Crippen LogP contribution >= 0.6 is 7.60 Å². The molecule has 0 heterocycles. The monoisotopic (exact) mass is 338 g/mol. The highest BCUT2D eigenvalue weighted by Gasteiger charge is 2.27. The van der Waals surface area contributed by atoms with Crippen LogP contribution in [0.1, 0.15) is 20.8 Å². The third-order valence-corrected chi connectivity index (χ3v) is 4.70. The number of ether oxygens (including phenoxy) is 1. The summed E-state index contributed by atoms with van der Waals surface area (Å²) in [4.78, 5) is 26.1. The minimum Gasteiger partial charge on any atom is -0.465 e. The van der Waals surface area contributed by atoms with Crippen LogP contribution in [0.25, 0.3) is 0 Å². The number of likely N-dealkylation sites (N-methyl/N-ethyl adjacent to an activating group) is 2. The lowest BCUT2D eigenvalue weighted by Gasteiger charge is -2.24. The number of esters is 1. The van der Waals surface area contributed by atoms with Gasteiger partial charge in [0.2, 0.25) is 5.91 Å². The van der Waals surface area contributed by atoms with E-state index >= 15 is 0 Å². The molecule has 0 aliphatic rings. The zero-order valence-electron chi connectivity index (χ0n) is 14.0. The van der Waals surface area contributed by atoms with Gasteiger partial charge in [-0.25, -0.2) is 0 Å². The molecule has 22 heavy (non-hydrogen) atoms. The van der Waals surface area contributed by atoms with Crippen molar-refractivity contribution in [3.63, 3.8) is 0 Å². The van der Waals surface area contributed by atoms with Crippen molar-refractivity contribution < 1.29 is 27.9 Å². The molecule has 9 heteroatoms. The van der Waals surface area contributed by atoms with Crippen LogP contribution in [0.3, 0.4) is 0 Å². The molecule has 0 radical (unpaired) electrons. The quantitative estimate of drug-likeness (QED) is 0.413. The van der Waals surface area contributed by atoms with Gasteiger partial charge < -0.3 is 18.7 Å². The van der Waals surface area contributed by atoms with Gasteiger partial charge in [-0.1, -0.05) is 0 Å². The van der Waals surface area contributed by atoms with E-state index in [1.54, 1.807) is 32.7 Å². The van der Waals surface area contributed by atoms with E-state index in [1.165, 1.54) is 11.9 Å². The number of carbonyl (C=O) groups is 2. The first-order valence-corrected chi connectivity index (χ1v) is 8.97. The summed E-state index contributed by atoms with van der Waals surface area (Å²) >= 11 is 0. The van der Waals surface area contributed by atoms with E-state index in [2.05, 4.69) is 0 Å². The molecular formula is C13H27N2O6P. The molecule has 0 aromatic rings. The van der Waals surface area contributed by atoms with Gasteiger partial charge in [0, 0.05) is 7.05 Å². The van der Waals surface area contributed by atoms with Crippen molar-refractivity contribution >= 4 is 19.5 Å². The lowest BCUT2D eigenvalue weighted by atomic mass is 10.4. The number of rotatable bonds is 11. The van der Waals surface area contributed by atoms with Crippen LogP contribution in [0.15, 0.2) is 0 Å². The van der Waals surface area contributed by atoms with E-state index in [4.69, 9.17) is 13.8 Å². The van der Waals surface area contributed by atoms with Crippen LogP contribution in [0.5, 0.6) is 0 Å². The van der Waals surface area contributed by atoms with E-state index in [-0.39, 0.29) is 45.1 Å². The SMILES string of the molecule is CCOC(=O)CN(C)C(=O)CN(C)CP(=O)(OCC)OCC. The maximum Gasteiger partial charge on any atom is 0.344 e. The molecule has 0 spiro atoms. The van der Waals surface area contributed by atoms with E-state index in [0.29, 0.717) is 0 Å². The van der Waals surface area contributed by atoms with Crippen molar-refractivity contribution in [2.24, 2.45) is 0 Å². The second-order valence-electron chi connectivity index (χ2n) is 4.66. The lowest BCUT2D eigenvalue weighted by Crippen LogP contribution is -2.40. The zero-order valence-corrected chi connectivity index (χ0v) is 14.9. The fraction of sp³-hybridized carbons (Fsp3) is 0.846. The van der Waals surface area contributed by atoms with Crippen LogP contribution in [0.4, 0.5) is 0 Å². The predicted octanol–water partition coefficient (Wildman–Crippen LogP) is 1.16. The number of hydrogen-bond donors (Lipinski definition) is 0. The molecule has 0 saturated heterocycles. The molecule has 8 nitrogen and oxygen atoms in total. The normalized spacial score (nSPS) is 11.5. The zero-order chi connectivity index (χ0) is 17.2. The molecule has 0 rings (SSSR count). The van der Waals surface area contributed by atoms with E-state index in [1.807, 2.05) is 0 Å². The van der Waals surface area contributed by atoms with Gasteiger partial charge in [0.1, 0.15) is 12.8 Å². The largest absolute Gasteiger partial charge is 0.465 e. The summed E-state index contributed by atoms with van der Waals surface area (Å²) in [5, 5.41) is 0. The highest BCUT2D eigenvalue weighted by molar-refractivity contribution is 7.53. The van der Waals surface area contributed by atoms with Gasteiger partial charge in [-0.15, -0.1) is 0 Å². The van der Waals surface area contributed by atoms with Crippen molar-refractivity contribution in [1.82, 2.24) is 9.80 Å². The van der Waals surface area contributed by atoms with Crippen LogP contribution in [-0.4, -0.2) is 75.0 Å². The van der Waals surface area contributed by atoms with Gasteiger partial charge in [0.05, 0.1) is 26.4 Å². The Balaban J connectivity index is 4.44. The van der Waals surface area contributed by atoms with Crippen LogP contribution in [-0.2, 0) is 27.9 Å². The van der Waals surface area contributed by atoms with Gasteiger partial charge >= 0.3 is 13.6 Å². The molecule has 0 atom stereocenters. The summed E-state index contributed by atoms with van der Waals surface area (Å²) in [7, 11) is -0.0852. The van der Waals surface area contributed by atoms with E-state index < -0.39 is 13.6 Å². The maximum atomic E-state index is 12.4. The standard InChI is InChI=1S/C13H27N2O6P/c1-6-19-13(17)10-15(5)12(16)9-14(4)11-22(18,20-7-2)21-8-3/h6-11H2,1-5H3. The summed E-state index contributed by atoms with van der Waals surface area (Å²) in [6.07, 6.45) is 0.00761. The fourth-order valence-electron chi connectivity index (χ4n) is 1.70. The molecule has 130 valence electrons. The Morgan fingerprint density at radius 2 is 1.50 bits per heavy atom. The summed E-state index contributed by atoms with van der Waals surface area (Å²) in [6, 6.07) is 0. The Bertz CT molecular complexity index is 394. The second-order valence-corrected chi connectivity index (χ2v) is 6.68. The predicted molar refractivity (Wildman–Crippen MR) is 82.6 cm³/mol. The third kappa shape index (κ3) is 8.48. The van der Waals surface area contributed by atoms with Crippen LogP contribution in [0, 0.1) is 0 Å². The number of amides is 1. The molecule has 0 N–H and O–H groups in total. The molecule has 0 fully saturated rings. The van der Waals surface area contributed by atoms with E-state index in [9.17, 15) is 14.2 Å². The molecule has 0 bridgehead atoms.